The SMILES string of the molecule is NNC(CC1CCC(F)(F)C1)c1cccc(Cl)c1F. The third-order valence-electron chi connectivity index (χ3n) is 3.63. The molecule has 0 saturated heterocycles. The molecule has 1 aliphatic carbocycles. The van der Waals surface area contributed by atoms with Gasteiger partial charge in [-0.15, -0.1) is 0 Å². The van der Waals surface area contributed by atoms with Crippen LogP contribution in [0.1, 0.15) is 37.3 Å². The number of hydrogen-bond donors (Lipinski definition) is 2. The number of benzene rings is 1. The lowest BCUT2D eigenvalue weighted by Gasteiger charge is -2.21. The summed E-state index contributed by atoms with van der Waals surface area (Å²) in [5, 5.41) is 0.00880. The Bertz CT molecular complexity index is 454. The maximum absolute atomic E-state index is 13.9. The van der Waals surface area contributed by atoms with Crippen molar-refractivity contribution >= 4 is 11.6 Å². The van der Waals surface area contributed by atoms with Crippen LogP contribution in [0.25, 0.3) is 0 Å². The molecule has 3 N–H and O–H groups in total. The minimum absolute atomic E-state index is 0.00880. The number of halogens is 4. The zero-order valence-corrected chi connectivity index (χ0v) is 11.1. The highest BCUT2D eigenvalue weighted by molar-refractivity contribution is 6.30. The predicted octanol–water partition coefficient (Wildman–Crippen LogP) is 3.81. The molecule has 106 valence electrons. The van der Waals surface area contributed by atoms with Crippen LogP contribution in [0.2, 0.25) is 5.02 Å². The number of nitrogens with two attached hydrogens (primary N) is 1. The van der Waals surface area contributed by atoms with Gasteiger partial charge in [0.15, 0.2) is 0 Å². The molecule has 2 nitrogen and oxygen atoms in total. The molecule has 6 heteroatoms. The molecule has 1 aromatic carbocycles. The first-order valence-corrected chi connectivity index (χ1v) is 6.58. The van der Waals surface area contributed by atoms with Crippen LogP contribution in [0.5, 0.6) is 0 Å². The number of nitrogens with one attached hydrogen (secondary N) is 1. The van der Waals surface area contributed by atoms with E-state index in [0.29, 0.717) is 18.4 Å². The maximum Gasteiger partial charge on any atom is 0.248 e. The third kappa shape index (κ3) is 3.41. The van der Waals surface area contributed by atoms with Gasteiger partial charge in [0.2, 0.25) is 5.92 Å². The highest BCUT2D eigenvalue weighted by Crippen LogP contribution is 2.42. The molecular weight excluding hydrogens is 277 g/mol. The first-order valence-electron chi connectivity index (χ1n) is 6.21. The Morgan fingerprint density at radius 2 is 2.21 bits per heavy atom. The van der Waals surface area contributed by atoms with Crippen molar-refractivity contribution in [3.63, 3.8) is 0 Å². The van der Waals surface area contributed by atoms with E-state index in [1.54, 1.807) is 12.1 Å². The average Bonchev–Trinajstić information content (AvgIpc) is 2.70. The molecule has 0 amide bonds. The van der Waals surface area contributed by atoms with Gasteiger partial charge in [0, 0.05) is 24.4 Å². The van der Waals surface area contributed by atoms with Crippen molar-refractivity contribution in [2.75, 3.05) is 0 Å². The predicted molar refractivity (Wildman–Crippen MR) is 68.4 cm³/mol. The second kappa shape index (κ2) is 5.69. The molecule has 0 radical (unpaired) electrons. The van der Waals surface area contributed by atoms with E-state index >= 15 is 0 Å². The van der Waals surface area contributed by atoms with E-state index in [-0.39, 0.29) is 23.8 Å². The van der Waals surface area contributed by atoms with Crippen molar-refractivity contribution in [2.24, 2.45) is 11.8 Å². The molecule has 0 spiro atoms. The van der Waals surface area contributed by atoms with E-state index in [2.05, 4.69) is 5.43 Å². The largest absolute Gasteiger partial charge is 0.271 e. The molecule has 19 heavy (non-hydrogen) atoms. The van der Waals surface area contributed by atoms with Gasteiger partial charge in [0.05, 0.1) is 5.02 Å². The first kappa shape index (κ1) is 14.6. The molecule has 2 rings (SSSR count). The first-order chi connectivity index (χ1) is 8.93. The van der Waals surface area contributed by atoms with Crippen LogP contribution < -0.4 is 11.3 Å². The lowest BCUT2D eigenvalue weighted by molar-refractivity contribution is 0.00429. The Morgan fingerprint density at radius 1 is 1.47 bits per heavy atom. The van der Waals surface area contributed by atoms with Crippen LogP contribution in [-0.2, 0) is 0 Å². The molecule has 1 saturated carbocycles. The molecule has 1 aromatic rings. The number of hydrogen-bond acceptors (Lipinski definition) is 2. The van der Waals surface area contributed by atoms with Crippen LogP contribution in [0.4, 0.5) is 13.2 Å². The minimum atomic E-state index is -2.60. The Kier molecular flexibility index (Phi) is 4.38. The van der Waals surface area contributed by atoms with Crippen molar-refractivity contribution in [2.45, 2.75) is 37.6 Å². The van der Waals surface area contributed by atoms with Crippen molar-refractivity contribution in [3.8, 4) is 0 Å². The number of hydrazine groups is 1. The summed E-state index contributed by atoms with van der Waals surface area (Å²) in [5.74, 6) is 2.12. The van der Waals surface area contributed by atoms with Gasteiger partial charge in [0.25, 0.3) is 0 Å². The van der Waals surface area contributed by atoms with Crippen LogP contribution in [0.15, 0.2) is 18.2 Å². The Labute approximate surface area is 115 Å². The molecule has 2 atom stereocenters. The topological polar surface area (TPSA) is 38.0 Å². The fourth-order valence-corrected chi connectivity index (χ4v) is 2.83. The van der Waals surface area contributed by atoms with Gasteiger partial charge in [-0.2, -0.15) is 0 Å². The van der Waals surface area contributed by atoms with Gasteiger partial charge in [-0.3, -0.25) is 11.3 Å². The number of alkyl halides is 2. The Balaban J connectivity index is 2.11. The van der Waals surface area contributed by atoms with E-state index in [4.69, 9.17) is 17.4 Å². The zero-order valence-electron chi connectivity index (χ0n) is 10.3. The van der Waals surface area contributed by atoms with Gasteiger partial charge in [-0.25, -0.2) is 13.2 Å². The molecule has 0 aromatic heterocycles. The van der Waals surface area contributed by atoms with E-state index in [9.17, 15) is 13.2 Å². The molecule has 0 aliphatic heterocycles. The average molecular weight is 293 g/mol. The highest BCUT2D eigenvalue weighted by Gasteiger charge is 2.40. The van der Waals surface area contributed by atoms with Crippen LogP contribution in [-0.4, -0.2) is 5.92 Å². The summed E-state index contributed by atoms with van der Waals surface area (Å²) in [7, 11) is 0. The fraction of sp³-hybridized carbons (Fsp3) is 0.538. The molecule has 0 bridgehead atoms. The van der Waals surface area contributed by atoms with Crippen LogP contribution in [0, 0.1) is 11.7 Å². The lowest BCUT2D eigenvalue weighted by Crippen LogP contribution is -2.30. The van der Waals surface area contributed by atoms with Crippen LogP contribution in [0.3, 0.4) is 0 Å². The standard InChI is InChI=1S/C13H16ClF3N2/c14-10-3-1-2-9(12(10)15)11(19-18)6-8-4-5-13(16,17)7-8/h1-3,8,11,19H,4-7,18H2. The molecule has 0 heterocycles. The zero-order chi connectivity index (χ0) is 14.0. The van der Waals surface area contributed by atoms with Crippen molar-refractivity contribution < 1.29 is 13.2 Å². The maximum atomic E-state index is 13.9. The van der Waals surface area contributed by atoms with E-state index < -0.39 is 17.8 Å². The highest BCUT2D eigenvalue weighted by atomic mass is 35.5. The van der Waals surface area contributed by atoms with Crippen molar-refractivity contribution in [1.29, 1.82) is 0 Å². The monoisotopic (exact) mass is 292 g/mol. The van der Waals surface area contributed by atoms with Crippen LogP contribution >= 0.6 is 11.6 Å². The second-order valence-corrected chi connectivity index (χ2v) is 5.47. The Hall–Kier alpha value is -0.780. The summed E-state index contributed by atoms with van der Waals surface area (Å²) in [4.78, 5) is 0. The van der Waals surface area contributed by atoms with E-state index in [1.165, 1.54) is 6.07 Å². The fourth-order valence-electron chi connectivity index (χ4n) is 2.65. The van der Waals surface area contributed by atoms with Gasteiger partial charge >= 0.3 is 0 Å². The summed E-state index contributed by atoms with van der Waals surface area (Å²) in [5.41, 5.74) is 2.82. The number of rotatable bonds is 4. The molecular formula is C13H16ClF3N2. The van der Waals surface area contributed by atoms with Gasteiger partial charge in [-0.1, -0.05) is 23.7 Å². The third-order valence-corrected chi connectivity index (χ3v) is 3.92. The smallest absolute Gasteiger partial charge is 0.248 e. The summed E-state index contributed by atoms with van der Waals surface area (Å²) in [6.45, 7) is 0. The molecule has 1 aliphatic rings. The normalized spacial score (nSPS) is 23.5. The molecule has 2 unspecified atom stereocenters. The van der Waals surface area contributed by atoms with Gasteiger partial charge in [0.1, 0.15) is 5.82 Å². The van der Waals surface area contributed by atoms with Crippen molar-refractivity contribution in [1.82, 2.24) is 5.43 Å². The minimum Gasteiger partial charge on any atom is -0.271 e. The quantitative estimate of drug-likeness (QED) is 0.654. The van der Waals surface area contributed by atoms with E-state index in [1.807, 2.05) is 0 Å². The summed E-state index contributed by atoms with van der Waals surface area (Å²) in [6, 6.07) is 4.13. The Morgan fingerprint density at radius 3 is 2.79 bits per heavy atom. The van der Waals surface area contributed by atoms with Gasteiger partial charge < -0.3 is 0 Å². The summed E-state index contributed by atoms with van der Waals surface area (Å²) >= 11 is 5.71. The lowest BCUT2D eigenvalue weighted by atomic mass is 9.93. The summed E-state index contributed by atoms with van der Waals surface area (Å²) < 4.78 is 40.2. The van der Waals surface area contributed by atoms with E-state index in [0.717, 1.165) is 0 Å². The van der Waals surface area contributed by atoms with Gasteiger partial charge in [-0.05, 0) is 24.8 Å². The second-order valence-electron chi connectivity index (χ2n) is 5.06. The summed E-state index contributed by atoms with van der Waals surface area (Å²) in [6.07, 6.45) is 0.553. The van der Waals surface area contributed by atoms with Crippen molar-refractivity contribution in [3.05, 3.63) is 34.6 Å². The molecule has 1 fully saturated rings.